The number of methoxy groups -OCH3 is 2. The largest absolute Gasteiger partial charge is 0.497 e. The highest BCUT2D eigenvalue weighted by Gasteiger charge is 2.18. The van der Waals surface area contributed by atoms with Crippen LogP contribution >= 0.6 is 0 Å². The van der Waals surface area contributed by atoms with Crippen molar-refractivity contribution >= 4 is 17.7 Å². The molecule has 1 heterocycles. The van der Waals surface area contributed by atoms with Crippen LogP contribution in [-0.4, -0.2) is 57.8 Å². The van der Waals surface area contributed by atoms with Crippen LogP contribution in [0.3, 0.4) is 0 Å². The predicted molar refractivity (Wildman–Crippen MR) is 115 cm³/mol. The lowest BCUT2D eigenvalue weighted by atomic mass is 10.2. The highest BCUT2D eigenvalue weighted by atomic mass is 19.3. The van der Waals surface area contributed by atoms with E-state index < -0.39 is 6.61 Å². The van der Waals surface area contributed by atoms with Gasteiger partial charge in [0.05, 0.1) is 14.2 Å². The number of rotatable bonds is 7. The Balaban J connectivity index is 1.60. The first-order chi connectivity index (χ1) is 15.0. The molecule has 0 saturated carbocycles. The zero-order valence-corrected chi connectivity index (χ0v) is 17.6. The number of ether oxygens (including phenoxy) is 3. The fraction of sp³-hybridized carbons (Fsp3) is 0.348. The minimum absolute atomic E-state index is 0.0490. The van der Waals surface area contributed by atoms with Crippen LogP contribution in [0.15, 0.2) is 48.5 Å². The summed E-state index contributed by atoms with van der Waals surface area (Å²) in [5, 5.41) is 0. The van der Waals surface area contributed by atoms with Gasteiger partial charge in [-0.15, -0.1) is 0 Å². The lowest BCUT2D eigenvalue weighted by Gasteiger charge is -2.23. The van der Waals surface area contributed by atoms with Gasteiger partial charge in [-0.05, 0) is 54.5 Å². The van der Waals surface area contributed by atoms with E-state index in [1.165, 1.54) is 19.3 Å². The molecule has 0 N–H and O–H groups in total. The van der Waals surface area contributed by atoms with Gasteiger partial charge in [-0.25, -0.2) is 0 Å². The van der Waals surface area contributed by atoms with Crippen LogP contribution in [0.5, 0.6) is 17.2 Å². The fourth-order valence-electron chi connectivity index (χ4n) is 3.44. The molecule has 0 radical (unpaired) electrons. The summed E-state index contributed by atoms with van der Waals surface area (Å²) >= 11 is 0. The van der Waals surface area contributed by atoms with E-state index in [1.807, 2.05) is 29.2 Å². The van der Waals surface area contributed by atoms with E-state index in [2.05, 4.69) is 9.64 Å². The molecule has 0 spiro atoms. The molecule has 3 rings (SSSR count). The first-order valence-electron chi connectivity index (χ1n) is 9.99. The van der Waals surface area contributed by atoms with Crippen molar-refractivity contribution in [2.75, 3.05) is 45.3 Å². The molecule has 6 nitrogen and oxygen atoms in total. The number of anilines is 1. The van der Waals surface area contributed by atoms with Crippen molar-refractivity contribution in [1.29, 1.82) is 0 Å². The summed E-state index contributed by atoms with van der Waals surface area (Å²) < 4.78 is 39.6. The van der Waals surface area contributed by atoms with Gasteiger partial charge in [0, 0.05) is 37.9 Å². The number of alkyl halides is 2. The quantitative estimate of drug-likeness (QED) is 0.618. The lowest BCUT2D eigenvalue weighted by Crippen LogP contribution is -2.34. The summed E-state index contributed by atoms with van der Waals surface area (Å²) in [4.78, 5) is 16.7. The van der Waals surface area contributed by atoms with Gasteiger partial charge >= 0.3 is 6.61 Å². The minimum atomic E-state index is -2.93. The lowest BCUT2D eigenvalue weighted by molar-refractivity contribution is -0.125. The van der Waals surface area contributed by atoms with E-state index >= 15 is 0 Å². The first-order valence-corrected chi connectivity index (χ1v) is 9.99. The number of nitrogens with zero attached hydrogens (tertiary/aromatic N) is 2. The molecule has 2 aromatic carbocycles. The number of carbonyl (C=O) groups is 1. The van der Waals surface area contributed by atoms with Crippen LogP contribution in [0, 0.1) is 0 Å². The second-order valence-electron chi connectivity index (χ2n) is 6.99. The van der Waals surface area contributed by atoms with Gasteiger partial charge < -0.3 is 24.0 Å². The summed E-state index contributed by atoms with van der Waals surface area (Å²) in [6, 6.07) is 12.4. The van der Waals surface area contributed by atoms with Gasteiger partial charge in [0.15, 0.2) is 11.5 Å². The smallest absolute Gasteiger partial charge is 0.387 e. The molecule has 0 bridgehead atoms. The van der Waals surface area contributed by atoms with E-state index in [9.17, 15) is 13.6 Å². The van der Waals surface area contributed by atoms with Gasteiger partial charge in [0.2, 0.25) is 5.91 Å². The van der Waals surface area contributed by atoms with Crippen molar-refractivity contribution in [3.05, 3.63) is 54.1 Å². The standard InChI is InChI=1S/C23H26F2N2O4/c1-29-19-8-6-18(7-9-19)26-12-3-13-27(15-14-26)22(28)11-5-17-4-10-20(31-23(24)25)21(16-17)30-2/h4-11,16,23H,3,12-15H2,1-2H3/b11-5+. The average Bonchev–Trinajstić information content (AvgIpc) is 3.04. The van der Waals surface area contributed by atoms with Crippen LogP contribution in [0.2, 0.25) is 0 Å². The van der Waals surface area contributed by atoms with Crippen LogP contribution in [-0.2, 0) is 4.79 Å². The molecular formula is C23H26F2N2O4. The van der Waals surface area contributed by atoms with Crippen molar-refractivity contribution in [1.82, 2.24) is 4.90 Å². The Morgan fingerprint density at radius 1 is 0.968 bits per heavy atom. The average molecular weight is 432 g/mol. The van der Waals surface area contributed by atoms with E-state index in [-0.39, 0.29) is 17.4 Å². The predicted octanol–water partition coefficient (Wildman–Crippen LogP) is 4.06. The van der Waals surface area contributed by atoms with Crippen LogP contribution in [0.1, 0.15) is 12.0 Å². The summed E-state index contributed by atoms with van der Waals surface area (Å²) in [5.74, 6) is 0.848. The van der Waals surface area contributed by atoms with Crippen LogP contribution in [0.25, 0.3) is 6.08 Å². The summed E-state index contributed by atoms with van der Waals surface area (Å²) in [5.41, 5.74) is 1.75. The third-order valence-corrected chi connectivity index (χ3v) is 5.07. The first kappa shape index (κ1) is 22.4. The van der Waals surface area contributed by atoms with Gasteiger partial charge in [-0.1, -0.05) is 6.07 Å². The molecule has 166 valence electrons. The number of hydrogen-bond donors (Lipinski definition) is 0. The Bertz CT molecular complexity index is 903. The fourth-order valence-corrected chi connectivity index (χ4v) is 3.44. The molecule has 1 aliphatic rings. The number of benzene rings is 2. The molecule has 31 heavy (non-hydrogen) atoms. The maximum Gasteiger partial charge on any atom is 0.387 e. The van der Waals surface area contributed by atoms with Crippen LogP contribution < -0.4 is 19.1 Å². The van der Waals surface area contributed by atoms with E-state index in [0.29, 0.717) is 18.7 Å². The van der Waals surface area contributed by atoms with Crippen molar-refractivity contribution in [2.45, 2.75) is 13.0 Å². The Hall–Kier alpha value is -3.29. The molecule has 0 aromatic heterocycles. The summed E-state index contributed by atoms with van der Waals surface area (Å²) in [6.07, 6.45) is 3.99. The van der Waals surface area contributed by atoms with Gasteiger partial charge in [0.25, 0.3) is 0 Å². The number of amides is 1. The molecule has 2 aromatic rings. The van der Waals surface area contributed by atoms with Gasteiger partial charge in [-0.2, -0.15) is 8.78 Å². The Morgan fingerprint density at radius 3 is 2.42 bits per heavy atom. The van der Waals surface area contributed by atoms with Crippen molar-refractivity contribution in [2.24, 2.45) is 0 Å². The van der Waals surface area contributed by atoms with Crippen molar-refractivity contribution in [3.63, 3.8) is 0 Å². The third kappa shape index (κ3) is 6.10. The number of carbonyl (C=O) groups excluding carboxylic acids is 1. The Morgan fingerprint density at radius 2 is 1.74 bits per heavy atom. The molecular weight excluding hydrogens is 406 g/mol. The Labute approximate surface area is 180 Å². The van der Waals surface area contributed by atoms with E-state index in [1.54, 1.807) is 25.3 Å². The zero-order chi connectivity index (χ0) is 22.2. The van der Waals surface area contributed by atoms with E-state index in [4.69, 9.17) is 9.47 Å². The molecule has 1 fully saturated rings. The molecule has 1 aliphatic heterocycles. The maximum absolute atomic E-state index is 12.7. The summed E-state index contributed by atoms with van der Waals surface area (Å²) in [7, 11) is 3.01. The SMILES string of the molecule is COc1ccc(N2CCCN(C(=O)/C=C/c3ccc(OC(F)F)c(OC)c3)CC2)cc1. The summed E-state index contributed by atoms with van der Waals surface area (Å²) in [6.45, 7) is -0.0560. The normalized spacial score (nSPS) is 14.6. The van der Waals surface area contributed by atoms with Crippen molar-refractivity contribution in [3.8, 4) is 17.2 Å². The van der Waals surface area contributed by atoms with Crippen molar-refractivity contribution < 1.29 is 27.8 Å². The molecule has 1 saturated heterocycles. The third-order valence-electron chi connectivity index (χ3n) is 5.07. The highest BCUT2D eigenvalue weighted by molar-refractivity contribution is 5.92. The Kier molecular flexibility index (Phi) is 7.70. The topological polar surface area (TPSA) is 51.2 Å². The molecule has 0 aliphatic carbocycles. The number of hydrogen-bond acceptors (Lipinski definition) is 5. The second kappa shape index (κ2) is 10.7. The van der Waals surface area contributed by atoms with E-state index in [0.717, 1.165) is 30.9 Å². The van der Waals surface area contributed by atoms with Gasteiger partial charge in [-0.3, -0.25) is 4.79 Å². The number of halogens is 2. The zero-order valence-electron chi connectivity index (χ0n) is 17.6. The minimum Gasteiger partial charge on any atom is -0.497 e. The highest BCUT2D eigenvalue weighted by Crippen LogP contribution is 2.30. The molecule has 1 amide bonds. The maximum atomic E-state index is 12.7. The second-order valence-corrected chi connectivity index (χ2v) is 6.99. The molecule has 0 unspecified atom stereocenters. The molecule has 8 heteroatoms. The van der Waals surface area contributed by atoms with Gasteiger partial charge in [0.1, 0.15) is 5.75 Å². The molecule has 0 atom stereocenters. The monoisotopic (exact) mass is 432 g/mol. The van der Waals surface area contributed by atoms with Crippen LogP contribution in [0.4, 0.5) is 14.5 Å².